The first-order valence-corrected chi connectivity index (χ1v) is 9.10. The highest BCUT2D eigenvalue weighted by molar-refractivity contribution is 6.12. The maximum absolute atomic E-state index is 12.9. The minimum absolute atomic E-state index is 0.184. The van der Waals surface area contributed by atoms with Crippen LogP contribution in [0.25, 0.3) is 0 Å². The largest absolute Gasteiger partial charge is 0.365 e. The normalized spacial score (nSPS) is 19.2. The summed E-state index contributed by atoms with van der Waals surface area (Å²) >= 11 is 0. The SMILES string of the molecule is CC1(C)CC(Cc2ccc(N3CCn4ncc(C(N)=O)c4C3=O)cc2)C1. The van der Waals surface area contributed by atoms with Crippen molar-refractivity contribution in [3.05, 3.63) is 47.3 Å². The first-order valence-electron chi connectivity index (χ1n) is 9.10. The molecule has 0 atom stereocenters. The van der Waals surface area contributed by atoms with E-state index in [2.05, 4.69) is 31.1 Å². The van der Waals surface area contributed by atoms with Gasteiger partial charge in [-0.2, -0.15) is 5.10 Å². The highest BCUT2D eigenvalue weighted by Gasteiger charge is 2.35. The van der Waals surface area contributed by atoms with E-state index in [4.69, 9.17) is 5.73 Å². The van der Waals surface area contributed by atoms with Crippen molar-refractivity contribution in [2.75, 3.05) is 11.4 Å². The van der Waals surface area contributed by atoms with E-state index < -0.39 is 5.91 Å². The van der Waals surface area contributed by atoms with Gasteiger partial charge in [0.25, 0.3) is 11.8 Å². The number of benzene rings is 1. The highest BCUT2D eigenvalue weighted by Crippen LogP contribution is 2.46. The maximum atomic E-state index is 12.9. The molecule has 0 unspecified atom stereocenters. The number of hydrogen-bond donors (Lipinski definition) is 1. The number of nitrogens with zero attached hydrogens (tertiary/aromatic N) is 3. The lowest BCUT2D eigenvalue weighted by Gasteiger charge is -2.43. The van der Waals surface area contributed by atoms with E-state index in [1.165, 1.54) is 24.6 Å². The molecule has 0 saturated heterocycles. The van der Waals surface area contributed by atoms with E-state index in [0.717, 1.165) is 18.0 Å². The number of hydrogen-bond acceptors (Lipinski definition) is 3. The van der Waals surface area contributed by atoms with Crippen molar-refractivity contribution in [3.8, 4) is 0 Å². The highest BCUT2D eigenvalue weighted by atomic mass is 16.2. The number of amides is 2. The van der Waals surface area contributed by atoms with Crippen molar-refractivity contribution in [2.45, 2.75) is 39.7 Å². The molecule has 26 heavy (non-hydrogen) atoms. The van der Waals surface area contributed by atoms with Gasteiger partial charge in [-0.25, -0.2) is 0 Å². The summed E-state index contributed by atoms with van der Waals surface area (Å²) in [5.41, 5.74) is 8.48. The van der Waals surface area contributed by atoms with Gasteiger partial charge < -0.3 is 10.6 Å². The number of carbonyl (C=O) groups is 2. The molecule has 2 heterocycles. The van der Waals surface area contributed by atoms with Crippen LogP contribution in [0.2, 0.25) is 0 Å². The Morgan fingerprint density at radius 1 is 1.23 bits per heavy atom. The van der Waals surface area contributed by atoms with Crippen LogP contribution in [0.4, 0.5) is 5.69 Å². The molecule has 2 aromatic rings. The van der Waals surface area contributed by atoms with E-state index in [1.54, 1.807) is 9.58 Å². The number of carbonyl (C=O) groups excluding carboxylic acids is 2. The van der Waals surface area contributed by atoms with Crippen LogP contribution in [0.1, 0.15) is 53.1 Å². The fourth-order valence-corrected chi connectivity index (χ4v) is 4.42. The zero-order valence-corrected chi connectivity index (χ0v) is 15.2. The van der Waals surface area contributed by atoms with Gasteiger partial charge in [-0.1, -0.05) is 26.0 Å². The van der Waals surface area contributed by atoms with Gasteiger partial charge in [-0.05, 0) is 48.3 Å². The molecule has 6 nitrogen and oxygen atoms in total. The third kappa shape index (κ3) is 2.89. The van der Waals surface area contributed by atoms with Crippen molar-refractivity contribution in [2.24, 2.45) is 17.1 Å². The first-order chi connectivity index (χ1) is 12.3. The molecular formula is C20H24N4O2. The standard InChI is InChI=1S/C20H24N4O2/c1-20(2)10-14(11-20)9-13-3-5-15(6-4-13)23-7-8-24-17(19(23)26)16(12-22-24)18(21)25/h3-6,12,14H,7-11H2,1-2H3,(H2,21,25). The van der Waals surface area contributed by atoms with Gasteiger partial charge in [0, 0.05) is 12.2 Å². The second-order valence-corrected chi connectivity index (χ2v) is 8.26. The van der Waals surface area contributed by atoms with Crippen LogP contribution >= 0.6 is 0 Å². The van der Waals surface area contributed by atoms with Gasteiger partial charge in [-0.15, -0.1) is 0 Å². The predicted octanol–water partition coefficient (Wildman–Crippen LogP) is 2.62. The summed E-state index contributed by atoms with van der Waals surface area (Å²) in [7, 11) is 0. The third-order valence-corrected chi connectivity index (χ3v) is 5.54. The molecule has 1 aromatic carbocycles. The second kappa shape index (κ2) is 5.97. The number of aromatic nitrogens is 2. The Hall–Kier alpha value is -2.63. The van der Waals surface area contributed by atoms with E-state index in [1.807, 2.05) is 12.1 Å². The molecule has 1 saturated carbocycles. The Kier molecular flexibility index (Phi) is 3.86. The molecule has 1 aliphatic heterocycles. The van der Waals surface area contributed by atoms with Crippen LogP contribution < -0.4 is 10.6 Å². The summed E-state index contributed by atoms with van der Waals surface area (Å²) in [4.78, 5) is 26.1. The lowest BCUT2D eigenvalue weighted by molar-refractivity contribution is 0.0941. The number of primary amides is 1. The quantitative estimate of drug-likeness (QED) is 0.918. The van der Waals surface area contributed by atoms with Crippen LogP contribution in [0, 0.1) is 11.3 Å². The average molecular weight is 352 g/mol. The molecular weight excluding hydrogens is 328 g/mol. The van der Waals surface area contributed by atoms with Crippen molar-refractivity contribution < 1.29 is 9.59 Å². The molecule has 1 fully saturated rings. The molecule has 1 aromatic heterocycles. The average Bonchev–Trinajstić information content (AvgIpc) is 3.00. The summed E-state index contributed by atoms with van der Waals surface area (Å²) in [6, 6.07) is 8.20. The van der Waals surface area contributed by atoms with Crippen molar-refractivity contribution in [1.29, 1.82) is 0 Å². The summed E-state index contributed by atoms with van der Waals surface area (Å²) in [6.45, 7) is 5.72. The lowest BCUT2D eigenvalue weighted by atomic mass is 9.63. The number of rotatable bonds is 4. The Balaban J connectivity index is 1.50. The van der Waals surface area contributed by atoms with E-state index in [0.29, 0.717) is 18.5 Å². The van der Waals surface area contributed by atoms with Gasteiger partial charge in [0.15, 0.2) is 0 Å². The number of anilines is 1. The van der Waals surface area contributed by atoms with Gasteiger partial charge in [-0.3, -0.25) is 14.3 Å². The van der Waals surface area contributed by atoms with E-state index >= 15 is 0 Å². The van der Waals surface area contributed by atoms with Gasteiger partial charge >= 0.3 is 0 Å². The fraction of sp³-hybridized carbons (Fsp3) is 0.450. The molecule has 0 bridgehead atoms. The Morgan fingerprint density at radius 2 is 1.92 bits per heavy atom. The first kappa shape index (κ1) is 16.8. The molecule has 1 aliphatic carbocycles. The maximum Gasteiger partial charge on any atom is 0.277 e. The van der Waals surface area contributed by atoms with Gasteiger partial charge in [0.1, 0.15) is 5.69 Å². The second-order valence-electron chi connectivity index (χ2n) is 8.26. The Bertz CT molecular complexity index is 858. The van der Waals surface area contributed by atoms with Crippen LogP contribution in [0.3, 0.4) is 0 Å². The molecule has 136 valence electrons. The van der Waals surface area contributed by atoms with E-state index in [-0.39, 0.29) is 17.2 Å². The number of fused-ring (bicyclic) bond motifs is 1. The fourth-order valence-electron chi connectivity index (χ4n) is 4.42. The Labute approximate surface area is 153 Å². The zero-order chi connectivity index (χ0) is 18.5. The molecule has 6 heteroatoms. The molecule has 2 aliphatic rings. The zero-order valence-electron chi connectivity index (χ0n) is 15.2. The molecule has 0 radical (unpaired) electrons. The summed E-state index contributed by atoms with van der Waals surface area (Å²) in [5, 5.41) is 4.10. The van der Waals surface area contributed by atoms with Crippen molar-refractivity contribution in [3.63, 3.8) is 0 Å². The van der Waals surface area contributed by atoms with Crippen LogP contribution in [0.5, 0.6) is 0 Å². The monoisotopic (exact) mass is 352 g/mol. The summed E-state index contributed by atoms with van der Waals surface area (Å²) in [5.74, 6) is -0.0868. The molecule has 4 rings (SSSR count). The van der Waals surface area contributed by atoms with Crippen LogP contribution in [-0.4, -0.2) is 28.1 Å². The summed E-state index contributed by atoms with van der Waals surface area (Å²) in [6.07, 6.45) is 5.02. The van der Waals surface area contributed by atoms with Crippen molar-refractivity contribution >= 4 is 17.5 Å². The van der Waals surface area contributed by atoms with Crippen LogP contribution in [0.15, 0.2) is 30.5 Å². The predicted molar refractivity (Wildman–Crippen MR) is 99.1 cm³/mol. The topological polar surface area (TPSA) is 81.2 Å². The van der Waals surface area contributed by atoms with Gasteiger partial charge in [0.05, 0.1) is 18.3 Å². The summed E-state index contributed by atoms with van der Waals surface area (Å²) < 4.78 is 1.56. The molecule has 2 N–H and O–H groups in total. The minimum atomic E-state index is -0.625. The molecule has 0 spiro atoms. The van der Waals surface area contributed by atoms with Crippen LogP contribution in [-0.2, 0) is 13.0 Å². The van der Waals surface area contributed by atoms with Gasteiger partial charge in [0.2, 0.25) is 0 Å². The molecule has 2 amide bonds. The minimum Gasteiger partial charge on any atom is -0.365 e. The number of nitrogens with two attached hydrogens (primary N) is 1. The Morgan fingerprint density at radius 3 is 2.54 bits per heavy atom. The van der Waals surface area contributed by atoms with Crippen molar-refractivity contribution in [1.82, 2.24) is 9.78 Å². The third-order valence-electron chi connectivity index (χ3n) is 5.54. The van der Waals surface area contributed by atoms with E-state index in [9.17, 15) is 9.59 Å². The lowest BCUT2D eigenvalue weighted by Crippen LogP contribution is -2.41. The smallest absolute Gasteiger partial charge is 0.277 e.